The summed E-state index contributed by atoms with van der Waals surface area (Å²) in [7, 11) is 0. The lowest BCUT2D eigenvalue weighted by atomic mass is 10.1. The van der Waals surface area contributed by atoms with E-state index in [1.807, 2.05) is 23.6 Å². The zero-order chi connectivity index (χ0) is 21.3. The Bertz CT molecular complexity index is 1030. The number of nitrogens with zero attached hydrogens (tertiary/aromatic N) is 3. The van der Waals surface area contributed by atoms with Gasteiger partial charge in [0.05, 0.1) is 41.0 Å². The van der Waals surface area contributed by atoms with Crippen molar-refractivity contribution in [3.8, 4) is 6.07 Å². The molecule has 0 saturated heterocycles. The van der Waals surface area contributed by atoms with E-state index in [9.17, 15) is 9.59 Å². The molecular formula is C19H17ClN6O2S2. The van der Waals surface area contributed by atoms with Gasteiger partial charge < -0.3 is 10.6 Å². The highest BCUT2D eigenvalue weighted by Crippen LogP contribution is 2.20. The molecule has 11 heteroatoms. The van der Waals surface area contributed by atoms with Crippen molar-refractivity contribution in [1.29, 1.82) is 5.26 Å². The van der Waals surface area contributed by atoms with E-state index in [1.54, 1.807) is 17.6 Å². The molecule has 3 N–H and O–H groups in total. The molecule has 2 aromatic heterocycles. The molecule has 2 heterocycles. The third kappa shape index (κ3) is 6.32. The lowest BCUT2D eigenvalue weighted by Gasteiger charge is -2.17. The van der Waals surface area contributed by atoms with Crippen LogP contribution in [0.3, 0.4) is 0 Å². The van der Waals surface area contributed by atoms with Crippen molar-refractivity contribution in [1.82, 2.24) is 25.8 Å². The fraction of sp³-hybridized carbons (Fsp3) is 0.211. The van der Waals surface area contributed by atoms with Gasteiger partial charge in [-0.2, -0.15) is 10.4 Å². The van der Waals surface area contributed by atoms with E-state index in [0.29, 0.717) is 22.0 Å². The molecule has 0 aliphatic rings. The minimum absolute atomic E-state index is 0.102. The maximum Gasteiger partial charge on any atom is 0.243 e. The van der Waals surface area contributed by atoms with Crippen LogP contribution in [0.25, 0.3) is 0 Å². The molecule has 30 heavy (non-hydrogen) atoms. The fourth-order valence-electron chi connectivity index (χ4n) is 2.52. The molecule has 0 saturated carbocycles. The first-order valence-electron chi connectivity index (χ1n) is 8.80. The van der Waals surface area contributed by atoms with Crippen LogP contribution in [0.5, 0.6) is 0 Å². The van der Waals surface area contributed by atoms with E-state index in [1.165, 1.54) is 29.3 Å². The molecule has 0 aliphatic carbocycles. The number of thiazole rings is 1. The topological polar surface area (TPSA) is 124 Å². The Hall–Kier alpha value is -2.87. The Morgan fingerprint density at radius 1 is 1.33 bits per heavy atom. The van der Waals surface area contributed by atoms with Crippen molar-refractivity contribution in [3.63, 3.8) is 0 Å². The average molecular weight is 461 g/mol. The highest BCUT2D eigenvalue weighted by Gasteiger charge is 2.22. The third-order valence-electron chi connectivity index (χ3n) is 4.01. The molecule has 0 spiro atoms. The molecule has 0 aliphatic heterocycles. The summed E-state index contributed by atoms with van der Waals surface area (Å²) in [5.74, 6) is -0.488. The number of nitriles is 1. The van der Waals surface area contributed by atoms with Crippen LogP contribution in [-0.2, 0) is 22.6 Å². The molecule has 1 atom stereocenters. The summed E-state index contributed by atoms with van der Waals surface area (Å²) in [6, 6.07) is 8.38. The monoisotopic (exact) mass is 460 g/mol. The van der Waals surface area contributed by atoms with Gasteiger partial charge >= 0.3 is 0 Å². The predicted octanol–water partition coefficient (Wildman–Crippen LogP) is 2.53. The summed E-state index contributed by atoms with van der Waals surface area (Å²) in [4.78, 5) is 30.3. The molecule has 1 aromatic carbocycles. The Morgan fingerprint density at radius 3 is 2.83 bits per heavy atom. The van der Waals surface area contributed by atoms with Gasteiger partial charge in [-0.05, 0) is 24.3 Å². The Labute approximate surface area is 186 Å². The minimum Gasteiger partial charge on any atom is -0.349 e. The molecule has 8 nitrogen and oxygen atoms in total. The SMILES string of the molecule is N#Cc1cn[nH]c1CNC(=O)C(Cc1cscn1)NC(=O)CSc1ccc(Cl)cc1. The fourth-order valence-corrected chi connectivity index (χ4v) is 3.92. The molecular weight excluding hydrogens is 444 g/mol. The summed E-state index contributed by atoms with van der Waals surface area (Å²) in [5, 5.41) is 23.5. The van der Waals surface area contributed by atoms with Crippen molar-refractivity contribution in [2.75, 3.05) is 5.75 Å². The predicted molar refractivity (Wildman–Crippen MR) is 115 cm³/mol. The van der Waals surface area contributed by atoms with Gasteiger partial charge in [0.2, 0.25) is 11.8 Å². The second kappa shape index (κ2) is 10.8. The number of amides is 2. The van der Waals surface area contributed by atoms with E-state index in [-0.39, 0.29) is 30.5 Å². The molecule has 0 fully saturated rings. The largest absolute Gasteiger partial charge is 0.349 e. The highest BCUT2D eigenvalue weighted by molar-refractivity contribution is 8.00. The molecule has 0 bridgehead atoms. The first-order valence-corrected chi connectivity index (χ1v) is 11.1. The standard InChI is InChI=1S/C19H17ClN6O2S2/c20-13-1-3-15(4-2-13)30-10-18(27)25-16(5-14-9-29-11-23-14)19(28)22-8-17-12(6-21)7-24-26-17/h1-4,7,9,11,16H,5,8,10H2,(H,22,28)(H,24,26)(H,25,27). The summed E-state index contributed by atoms with van der Waals surface area (Å²) in [6.07, 6.45) is 1.66. The lowest BCUT2D eigenvalue weighted by molar-refractivity contribution is -0.128. The van der Waals surface area contributed by atoms with E-state index in [0.717, 1.165) is 4.90 Å². The Balaban J connectivity index is 1.59. The van der Waals surface area contributed by atoms with Gasteiger partial charge in [-0.1, -0.05) is 11.6 Å². The smallest absolute Gasteiger partial charge is 0.243 e. The number of hydrogen-bond donors (Lipinski definition) is 3. The number of aromatic amines is 1. The average Bonchev–Trinajstić information content (AvgIpc) is 3.42. The number of carbonyl (C=O) groups is 2. The number of thioether (sulfide) groups is 1. The summed E-state index contributed by atoms with van der Waals surface area (Å²) in [6.45, 7) is 0.102. The normalized spacial score (nSPS) is 11.5. The van der Waals surface area contributed by atoms with Crippen molar-refractivity contribution >= 4 is 46.5 Å². The first-order chi connectivity index (χ1) is 14.5. The van der Waals surface area contributed by atoms with Crippen LogP contribution < -0.4 is 10.6 Å². The quantitative estimate of drug-likeness (QED) is 0.421. The van der Waals surface area contributed by atoms with Crippen molar-refractivity contribution in [2.24, 2.45) is 0 Å². The second-order valence-corrected chi connectivity index (χ2v) is 8.34. The van der Waals surface area contributed by atoms with Crippen LogP contribution in [0.4, 0.5) is 0 Å². The first kappa shape index (κ1) is 21.8. The van der Waals surface area contributed by atoms with Gasteiger partial charge in [-0.25, -0.2) is 4.98 Å². The van der Waals surface area contributed by atoms with Crippen LogP contribution >= 0.6 is 34.7 Å². The van der Waals surface area contributed by atoms with E-state index >= 15 is 0 Å². The molecule has 154 valence electrons. The molecule has 3 rings (SSSR count). The number of hydrogen-bond acceptors (Lipinski definition) is 7. The van der Waals surface area contributed by atoms with E-state index < -0.39 is 6.04 Å². The summed E-state index contributed by atoms with van der Waals surface area (Å²) < 4.78 is 0. The van der Waals surface area contributed by atoms with Crippen molar-refractivity contribution in [2.45, 2.75) is 23.9 Å². The van der Waals surface area contributed by atoms with Gasteiger partial charge in [0.25, 0.3) is 0 Å². The molecule has 3 aromatic rings. The molecule has 2 amide bonds. The van der Waals surface area contributed by atoms with Crippen LogP contribution in [0.2, 0.25) is 5.02 Å². The number of aromatic nitrogens is 3. The lowest BCUT2D eigenvalue weighted by Crippen LogP contribution is -2.48. The van der Waals surface area contributed by atoms with Crippen LogP contribution in [0.15, 0.2) is 46.2 Å². The third-order valence-corrected chi connectivity index (χ3v) is 5.91. The second-order valence-electron chi connectivity index (χ2n) is 6.14. The van der Waals surface area contributed by atoms with Crippen LogP contribution in [0, 0.1) is 11.3 Å². The van der Waals surface area contributed by atoms with E-state index in [4.69, 9.17) is 16.9 Å². The van der Waals surface area contributed by atoms with Crippen molar-refractivity contribution in [3.05, 3.63) is 63.3 Å². The van der Waals surface area contributed by atoms with Crippen LogP contribution in [0.1, 0.15) is 17.0 Å². The van der Waals surface area contributed by atoms with Gasteiger partial charge in [0.1, 0.15) is 12.1 Å². The van der Waals surface area contributed by atoms with Gasteiger partial charge in [0.15, 0.2) is 0 Å². The Morgan fingerprint density at radius 2 is 2.13 bits per heavy atom. The summed E-state index contributed by atoms with van der Waals surface area (Å²) in [5.41, 5.74) is 3.24. The number of rotatable bonds is 9. The maximum atomic E-state index is 12.7. The maximum absolute atomic E-state index is 12.7. The number of nitrogens with one attached hydrogen (secondary N) is 3. The van der Waals surface area contributed by atoms with Gasteiger partial charge in [0, 0.05) is 21.7 Å². The molecule has 0 radical (unpaired) electrons. The number of benzene rings is 1. The van der Waals surface area contributed by atoms with Crippen LogP contribution in [-0.4, -0.2) is 38.8 Å². The Kier molecular flexibility index (Phi) is 7.84. The van der Waals surface area contributed by atoms with E-state index in [2.05, 4.69) is 25.8 Å². The van der Waals surface area contributed by atoms with Gasteiger partial charge in [-0.3, -0.25) is 14.7 Å². The molecule has 1 unspecified atom stereocenters. The minimum atomic E-state index is -0.793. The zero-order valence-electron chi connectivity index (χ0n) is 15.6. The van der Waals surface area contributed by atoms with Gasteiger partial charge in [-0.15, -0.1) is 23.1 Å². The number of H-pyrrole nitrogens is 1. The zero-order valence-corrected chi connectivity index (χ0v) is 18.0. The highest BCUT2D eigenvalue weighted by atomic mass is 35.5. The van der Waals surface area contributed by atoms with Crippen molar-refractivity contribution < 1.29 is 9.59 Å². The summed E-state index contributed by atoms with van der Waals surface area (Å²) >= 11 is 8.64. The number of halogens is 1. The number of carbonyl (C=O) groups excluding carboxylic acids is 2.